The number of oxazole rings is 1. The van der Waals surface area contributed by atoms with Crippen molar-refractivity contribution in [2.24, 2.45) is 0 Å². The molecule has 3 aromatic carbocycles. The molecule has 0 saturated carbocycles. The maximum absolute atomic E-state index is 12.9. The second-order valence-electron chi connectivity index (χ2n) is 7.25. The number of benzene rings is 3. The van der Waals surface area contributed by atoms with Crippen LogP contribution < -0.4 is 10.1 Å². The van der Waals surface area contributed by atoms with Gasteiger partial charge >= 0.3 is 0 Å². The molecule has 0 spiro atoms. The molecule has 0 radical (unpaired) electrons. The number of hydrogen-bond acceptors (Lipinski definition) is 4. The van der Waals surface area contributed by atoms with Gasteiger partial charge in [0.2, 0.25) is 5.89 Å². The summed E-state index contributed by atoms with van der Waals surface area (Å²) in [7, 11) is 1.52. The average Bonchev–Trinajstić information content (AvgIpc) is 3.12. The predicted molar refractivity (Wildman–Crippen MR) is 120 cm³/mol. The number of anilines is 1. The highest BCUT2D eigenvalue weighted by Crippen LogP contribution is 2.30. The monoisotopic (exact) mass is 420 g/mol. The number of nitrogens with zero attached hydrogens (tertiary/aromatic N) is 1. The minimum absolute atomic E-state index is 0.307. The summed E-state index contributed by atoms with van der Waals surface area (Å²) in [6.45, 7) is 6.01. The van der Waals surface area contributed by atoms with E-state index in [4.69, 9.17) is 20.8 Å². The lowest BCUT2D eigenvalue weighted by molar-refractivity contribution is 0.102. The topological polar surface area (TPSA) is 64.4 Å². The zero-order valence-corrected chi connectivity index (χ0v) is 17.9. The zero-order valence-electron chi connectivity index (χ0n) is 17.2. The van der Waals surface area contributed by atoms with E-state index in [9.17, 15) is 4.79 Å². The van der Waals surface area contributed by atoms with Crippen molar-refractivity contribution in [1.82, 2.24) is 4.98 Å². The first-order valence-corrected chi connectivity index (χ1v) is 9.87. The van der Waals surface area contributed by atoms with E-state index >= 15 is 0 Å². The number of rotatable bonds is 4. The largest absolute Gasteiger partial charge is 0.496 e. The minimum atomic E-state index is -0.307. The van der Waals surface area contributed by atoms with Crippen LogP contribution in [0.2, 0.25) is 5.02 Å². The number of halogens is 1. The lowest BCUT2D eigenvalue weighted by Gasteiger charge is -2.12. The summed E-state index contributed by atoms with van der Waals surface area (Å²) in [6, 6.07) is 14.6. The Kier molecular flexibility index (Phi) is 5.22. The molecule has 1 heterocycles. The zero-order chi connectivity index (χ0) is 21.4. The van der Waals surface area contributed by atoms with Crippen molar-refractivity contribution < 1.29 is 13.9 Å². The van der Waals surface area contributed by atoms with Gasteiger partial charge in [0.25, 0.3) is 5.91 Å². The Morgan fingerprint density at radius 3 is 2.53 bits per heavy atom. The Balaban J connectivity index is 1.69. The molecule has 152 valence electrons. The van der Waals surface area contributed by atoms with E-state index in [0.717, 1.165) is 33.4 Å². The highest BCUT2D eigenvalue weighted by Gasteiger charge is 2.16. The standard InChI is InChI=1S/C24H21ClN2O3/c1-13-5-6-16(24-27-20-9-14(2)15(3)10-22(20)30-24)11-19(13)26-23(28)18-12-17(25)7-8-21(18)29-4/h5-12H,1-4H3,(H,26,28). The maximum atomic E-state index is 12.9. The van der Waals surface area contributed by atoms with Crippen LogP contribution >= 0.6 is 11.6 Å². The van der Waals surface area contributed by atoms with E-state index in [2.05, 4.69) is 10.3 Å². The SMILES string of the molecule is COc1ccc(Cl)cc1C(=O)Nc1cc(-c2nc3cc(C)c(C)cc3o2)ccc1C. The second kappa shape index (κ2) is 7.84. The van der Waals surface area contributed by atoms with Crippen molar-refractivity contribution in [3.8, 4) is 17.2 Å². The number of hydrogen-bond donors (Lipinski definition) is 1. The van der Waals surface area contributed by atoms with Gasteiger partial charge in [-0.15, -0.1) is 0 Å². The van der Waals surface area contributed by atoms with Crippen LogP contribution in [-0.2, 0) is 0 Å². The van der Waals surface area contributed by atoms with Crippen LogP contribution in [0.3, 0.4) is 0 Å². The van der Waals surface area contributed by atoms with E-state index < -0.39 is 0 Å². The number of methoxy groups -OCH3 is 1. The third-order valence-electron chi connectivity index (χ3n) is 5.14. The Labute approximate surface area is 179 Å². The van der Waals surface area contributed by atoms with E-state index in [1.165, 1.54) is 7.11 Å². The quantitative estimate of drug-likeness (QED) is 0.418. The molecule has 0 unspecified atom stereocenters. The molecule has 0 bridgehead atoms. The molecular formula is C24H21ClN2O3. The van der Waals surface area contributed by atoms with Crippen LogP contribution in [-0.4, -0.2) is 18.0 Å². The first-order valence-electron chi connectivity index (χ1n) is 9.49. The summed E-state index contributed by atoms with van der Waals surface area (Å²) in [4.78, 5) is 17.5. The summed E-state index contributed by atoms with van der Waals surface area (Å²) < 4.78 is 11.3. The molecule has 1 N–H and O–H groups in total. The van der Waals surface area contributed by atoms with Crippen molar-refractivity contribution in [2.75, 3.05) is 12.4 Å². The molecule has 0 atom stereocenters. The number of ether oxygens (including phenoxy) is 1. The number of carbonyl (C=O) groups is 1. The van der Waals surface area contributed by atoms with Crippen LogP contribution in [0, 0.1) is 20.8 Å². The van der Waals surface area contributed by atoms with Crippen molar-refractivity contribution in [1.29, 1.82) is 0 Å². The Morgan fingerprint density at radius 1 is 1.00 bits per heavy atom. The second-order valence-corrected chi connectivity index (χ2v) is 7.69. The van der Waals surface area contributed by atoms with E-state index in [1.807, 2.05) is 51.1 Å². The van der Waals surface area contributed by atoms with Crippen LogP contribution in [0.5, 0.6) is 5.75 Å². The fourth-order valence-corrected chi connectivity index (χ4v) is 3.41. The third-order valence-corrected chi connectivity index (χ3v) is 5.38. The van der Waals surface area contributed by atoms with Gasteiger partial charge in [-0.05, 0) is 79.9 Å². The normalized spacial score (nSPS) is 11.0. The van der Waals surface area contributed by atoms with Gasteiger partial charge in [-0.3, -0.25) is 4.79 Å². The molecule has 0 saturated heterocycles. The summed E-state index contributed by atoms with van der Waals surface area (Å²) in [5.74, 6) is 0.652. The highest BCUT2D eigenvalue weighted by molar-refractivity contribution is 6.31. The number of nitrogens with one attached hydrogen (secondary N) is 1. The number of aromatic nitrogens is 1. The van der Waals surface area contributed by atoms with Gasteiger partial charge in [0.15, 0.2) is 5.58 Å². The molecule has 4 aromatic rings. The Bertz CT molecular complexity index is 1240. The van der Waals surface area contributed by atoms with Gasteiger partial charge in [-0.1, -0.05) is 17.7 Å². The van der Waals surface area contributed by atoms with E-state index in [1.54, 1.807) is 18.2 Å². The van der Waals surface area contributed by atoms with Crippen molar-refractivity contribution in [3.05, 3.63) is 75.8 Å². The van der Waals surface area contributed by atoms with Crippen molar-refractivity contribution >= 4 is 34.3 Å². The molecular weight excluding hydrogens is 400 g/mol. The fourth-order valence-electron chi connectivity index (χ4n) is 3.24. The molecule has 0 aliphatic heterocycles. The first-order chi connectivity index (χ1) is 14.4. The number of fused-ring (bicyclic) bond motifs is 1. The maximum Gasteiger partial charge on any atom is 0.259 e. The van der Waals surface area contributed by atoms with Crippen LogP contribution in [0.4, 0.5) is 5.69 Å². The molecule has 1 amide bonds. The minimum Gasteiger partial charge on any atom is -0.496 e. The fraction of sp³-hybridized carbons (Fsp3) is 0.167. The van der Waals surface area contributed by atoms with Crippen LogP contribution in [0.1, 0.15) is 27.0 Å². The first kappa shape index (κ1) is 20.0. The Hall–Kier alpha value is -3.31. The molecule has 6 heteroatoms. The van der Waals surface area contributed by atoms with Crippen molar-refractivity contribution in [2.45, 2.75) is 20.8 Å². The van der Waals surface area contributed by atoms with Gasteiger partial charge in [-0.25, -0.2) is 4.98 Å². The molecule has 0 aliphatic rings. The van der Waals surface area contributed by atoms with E-state index in [-0.39, 0.29) is 5.91 Å². The average molecular weight is 421 g/mol. The molecule has 30 heavy (non-hydrogen) atoms. The summed E-state index contributed by atoms with van der Waals surface area (Å²) in [5.41, 5.74) is 6.58. The van der Waals surface area contributed by atoms with Crippen molar-refractivity contribution in [3.63, 3.8) is 0 Å². The molecule has 0 fully saturated rings. The lowest BCUT2D eigenvalue weighted by Crippen LogP contribution is -2.14. The molecule has 5 nitrogen and oxygen atoms in total. The highest BCUT2D eigenvalue weighted by atomic mass is 35.5. The van der Waals surface area contributed by atoms with Crippen LogP contribution in [0.15, 0.2) is 52.9 Å². The predicted octanol–water partition coefficient (Wildman–Crippen LogP) is 6.33. The van der Waals surface area contributed by atoms with Crippen LogP contribution in [0.25, 0.3) is 22.6 Å². The molecule has 4 rings (SSSR count). The number of aryl methyl sites for hydroxylation is 3. The number of amides is 1. The smallest absolute Gasteiger partial charge is 0.259 e. The van der Waals surface area contributed by atoms with Gasteiger partial charge in [0, 0.05) is 16.3 Å². The molecule has 1 aromatic heterocycles. The number of carbonyl (C=O) groups excluding carboxylic acids is 1. The third kappa shape index (κ3) is 3.76. The van der Waals surface area contributed by atoms with E-state index in [0.29, 0.717) is 27.9 Å². The molecule has 0 aliphatic carbocycles. The summed E-state index contributed by atoms with van der Waals surface area (Å²) in [5, 5.41) is 3.41. The summed E-state index contributed by atoms with van der Waals surface area (Å²) in [6.07, 6.45) is 0. The lowest BCUT2D eigenvalue weighted by atomic mass is 10.1. The van der Waals surface area contributed by atoms with Gasteiger partial charge in [0.05, 0.1) is 12.7 Å². The Morgan fingerprint density at radius 2 is 1.77 bits per heavy atom. The van der Waals surface area contributed by atoms with Gasteiger partial charge < -0.3 is 14.5 Å². The van der Waals surface area contributed by atoms with Gasteiger partial charge in [0.1, 0.15) is 11.3 Å². The summed E-state index contributed by atoms with van der Waals surface area (Å²) >= 11 is 6.06. The van der Waals surface area contributed by atoms with Gasteiger partial charge in [-0.2, -0.15) is 0 Å².